The summed E-state index contributed by atoms with van der Waals surface area (Å²) in [5.41, 5.74) is -0.565. The fourth-order valence-electron chi connectivity index (χ4n) is 2.79. The van der Waals surface area contributed by atoms with Gasteiger partial charge in [0.1, 0.15) is 0 Å². The van der Waals surface area contributed by atoms with Gasteiger partial charge >= 0.3 is 5.97 Å². The van der Waals surface area contributed by atoms with E-state index in [1.165, 1.54) is 0 Å². The second kappa shape index (κ2) is 8.15. The van der Waals surface area contributed by atoms with Gasteiger partial charge in [0.25, 0.3) is 0 Å². The van der Waals surface area contributed by atoms with Crippen molar-refractivity contribution in [2.45, 2.75) is 77.3 Å². The minimum atomic E-state index is -0.875. The summed E-state index contributed by atoms with van der Waals surface area (Å²) in [6.07, 6.45) is 4.67. The molecule has 0 aliphatic heterocycles. The number of carbonyl (C=O) groups is 3. The van der Waals surface area contributed by atoms with E-state index in [9.17, 15) is 14.4 Å². The molecular weight excluding hydrogens is 284 g/mol. The van der Waals surface area contributed by atoms with Crippen molar-refractivity contribution in [1.29, 1.82) is 0 Å². The van der Waals surface area contributed by atoms with E-state index in [0.717, 1.165) is 25.7 Å². The molecule has 1 saturated carbocycles. The van der Waals surface area contributed by atoms with Crippen molar-refractivity contribution in [3.05, 3.63) is 0 Å². The number of aliphatic carboxylic acids is 1. The largest absolute Gasteiger partial charge is 0.481 e. The zero-order valence-corrected chi connectivity index (χ0v) is 13.8. The van der Waals surface area contributed by atoms with Crippen LogP contribution in [-0.4, -0.2) is 34.5 Å². The maximum Gasteiger partial charge on any atom is 0.303 e. The lowest BCUT2D eigenvalue weighted by molar-refractivity contribution is -0.138. The highest BCUT2D eigenvalue weighted by Crippen LogP contribution is 2.24. The highest BCUT2D eigenvalue weighted by atomic mass is 16.4. The van der Waals surface area contributed by atoms with E-state index in [4.69, 9.17) is 5.11 Å². The van der Waals surface area contributed by atoms with Crippen LogP contribution < -0.4 is 10.6 Å². The average molecular weight is 312 g/mol. The standard InChI is InChI=1S/C16H28N2O4/c1-11(17-15(22)12-6-4-5-7-12)10-13(19)18-16(2,3)9-8-14(20)21/h11-12H,4-10H2,1-3H3,(H,17,22)(H,18,19)(H,20,21). The Balaban J connectivity index is 2.33. The van der Waals surface area contributed by atoms with Crippen LogP contribution in [0, 0.1) is 5.92 Å². The van der Waals surface area contributed by atoms with Gasteiger partial charge in [0.15, 0.2) is 0 Å². The lowest BCUT2D eigenvalue weighted by Crippen LogP contribution is -2.46. The number of rotatable bonds is 8. The molecule has 6 nitrogen and oxygen atoms in total. The third-order valence-corrected chi connectivity index (χ3v) is 4.05. The van der Waals surface area contributed by atoms with Gasteiger partial charge in [-0.15, -0.1) is 0 Å². The van der Waals surface area contributed by atoms with E-state index in [0.29, 0.717) is 6.42 Å². The number of amides is 2. The van der Waals surface area contributed by atoms with Crippen molar-refractivity contribution in [1.82, 2.24) is 10.6 Å². The van der Waals surface area contributed by atoms with Gasteiger partial charge in [-0.1, -0.05) is 12.8 Å². The smallest absolute Gasteiger partial charge is 0.303 e. The number of hydrogen-bond donors (Lipinski definition) is 3. The molecule has 126 valence electrons. The van der Waals surface area contributed by atoms with Crippen LogP contribution in [0.4, 0.5) is 0 Å². The van der Waals surface area contributed by atoms with Gasteiger partial charge in [0, 0.05) is 30.3 Å². The highest BCUT2D eigenvalue weighted by Gasteiger charge is 2.25. The molecule has 1 aliphatic rings. The molecule has 6 heteroatoms. The van der Waals surface area contributed by atoms with Gasteiger partial charge in [-0.05, 0) is 40.0 Å². The second-order valence-electron chi connectivity index (χ2n) is 6.92. The first-order chi connectivity index (χ1) is 10.2. The third-order valence-electron chi connectivity index (χ3n) is 4.05. The first-order valence-corrected chi connectivity index (χ1v) is 8.03. The topological polar surface area (TPSA) is 95.5 Å². The molecule has 0 heterocycles. The molecule has 22 heavy (non-hydrogen) atoms. The zero-order valence-electron chi connectivity index (χ0n) is 13.8. The molecular formula is C16H28N2O4. The normalized spacial score (nSPS) is 17.0. The van der Waals surface area contributed by atoms with Gasteiger partial charge in [0.05, 0.1) is 0 Å². The predicted molar refractivity (Wildman–Crippen MR) is 83.3 cm³/mol. The minimum Gasteiger partial charge on any atom is -0.481 e. The lowest BCUT2D eigenvalue weighted by atomic mass is 9.98. The molecule has 0 aromatic heterocycles. The quantitative estimate of drug-likeness (QED) is 0.637. The SMILES string of the molecule is CC(CC(=O)NC(C)(C)CCC(=O)O)NC(=O)C1CCCC1. The Labute approximate surface area is 132 Å². The molecule has 0 saturated heterocycles. The van der Waals surface area contributed by atoms with Crippen LogP contribution in [0.25, 0.3) is 0 Å². The Morgan fingerprint density at radius 3 is 2.36 bits per heavy atom. The van der Waals surface area contributed by atoms with Gasteiger partial charge in [-0.2, -0.15) is 0 Å². The molecule has 0 spiro atoms. The molecule has 3 N–H and O–H groups in total. The molecule has 1 fully saturated rings. The molecule has 0 bridgehead atoms. The van der Waals surface area contributed by atoms with E-state index in [-0.39, 0.29) is 36.6 Å². The van der Waals surface area contributed by atoms with Gasteiger partial charge < -0.3 is 15.7 Å². The third kappa shape index (κ3) is 6.91. The van der Waals surface area contributed by atoms with Crippen LogP contribution in [-0.2, 0) is 14.4 Å². The summed E-state index contributed by atoms with van der Waals surface area (Å²) in [6, 6.07) is -0.219. The van der Waals surface area contributed by atoms with E-state index < -0.39 is 11.5 Å². The molecule has 1 atom stereocenters. The van der Waals surface area contributed by atoms with Gasteiger partial charge in [-0.25, -0.2) is 0 Å². The summed E-state index contributed by atoms with van der Waals surface area (Å²) in [5.74, 6) is -0.908. The van der Waals surface area contributed by atoms with Crippen molar-refractivity contribution >= 4 is 17.8 Å². The van der Waals surface area contributed by atoms with E-state index >= 15 is 0 Å². The molecule has 0 aromatic rings. The summed E-state index contributed by atoms with van der Waals surface area (Å²) in [7, 11) is 0. The number of carboxylic acid groups (broad SMARTS) is 1. The lowest BCUT2D eigenvalue weighted by Gasteiger charge is -2.26. The van der Waals surface area contributed by atoms with Crippen molar-refractivity contribution in [3.8, 4) is 0 Å². The summed E-state index contributed by atoms with van der Waals surface area (Å²) >= 11 is 0. The van der Waals surface area contributed by atoms with Gasteiger partial charge in [0.2, 0.25) is 11.8 Å². The Bertz CT molecular complexity index is 414. The van der Waals surface area contributed by atoms with Crippen molar-refractivity contribution in [3.63, 3.8) is 0 Å². The number of nitrogens with one attached hydrogen (secondary N) is 2. The second-order valence-corrected chi connectivity index (χ2v) is 6.92. The molecule has 1 aliphatic carbocycles. The number of carbonyl (C=O) groups excluding carboxylic acids is 2. The van der Waals surface area contributed by atoms with Crippen molar-refractivity contribution in [2.24, 2.45) is 5.92 Å². The van der Waals surface area contributed by atoms with E-state index in [1.54, 1.807) is 13.8 Å². The number of carboxylic acids is 1. The molecule has 2 amide bonds. The fraction of sp³-hybridized carbons (Fsp3) is 0.812. The molecule has 1 rings (SSSR count). The van der Waals surface area contributed by atoms with Crippen LogP contribution in [0.3, 0.4) is 0 Å². The van der Waals surface area contributed by atoms with E-state index in [1.807, 2.05) is 6.92 Å². The van der Waals surface area contributed by atoms with Crippen LogP contribution in [0.1, 0.15) is 65.7 Å². The Hall–Kier alpha value is -1.59. The Morgan fingerprint density at radius 2 is 1.82 bits per heavy atom. The van der Waals surface area contributed by atoms with Crippen LogP contribution in [0.5, 0.6) is 0 Å². The maximum absolute atomic E-state index is 12.0. The summed E-state index contributed by atoms with van der Waals surface area (Å²) in [6.45, 7) is 5.42. The first-order valence-electron chi connectivity index (χ1n) is 8.03. The molecule has 0 aromatic carbocycles. The monoisotopic (exact) mass is 312 g/mol. The summed E-state index contributed by atoms with van der Waals surface area (Å²) in [5, 5.41) is 14.4. The number of hydrogen-bond acceptors (Lipinski definition) is 3. The van der Waals surface area contributed by atoms with Gasteiger partial charge in [-0.3, -0.25) is 14.4 Å². The minimum absolute atomic E-state index is 0.0151. The zero-order chi connectivity index (χ0) is 16.8. The van der Waals surface area contributed by atoms with Crippen LogP contribution in [0.15, 0.2) is 0 Å². The first kappa shape index (κ1) is 18.5. The molecule has 0 radical (unpaired) electrons. The van der Waals surface area contributed by atoms with Crippen molar-refractivity contribution < 1.29 is 19.5 Å². The van der Waals surface area contributed by atoms with Crippen LogP contribution >= 0.6 is 0 Å². The Morgan fingerprint density at radius 1 is 1.23 bits per heavy atom. The average Bonchev–Trinajstić information content (AvgIpc) is 2.89. The maximum atomic E-state index is 12.0. The van der Waals surface area contributed by atoms with Crippen molar-refractivity contribution in [2.75, 3.05) is 0 Å². The summed E-state index contributed by atoms with van der Waals surface area (Å²) < 4.78 is 0. The van der Waals surface area contributed by atoms with Crippen LogP contribution in [0.2, 0.25) is 0 Å². The molecule has 1 unspecified atom stereocenters. The summed E-state index contributed by atoms with van der Waals surface area (Å²) in [4.78, 5) is 34.6. The Kier molecular flexibility index (Phi) is 6.84. The van der Waals surface area contributed by atoms with E-state index in [2.05, 4.69) is 10.6 Å². The fourth-order valence-corrected chi connectivity index (χ4v) is 2.79. The predicted octanol–water partition coefficient (Wildman–Crippen LogP) is 1.83. The highest BCUT2D eigenvalue weighted by molar-refractivity contribution is 5.81.